The third-order valence-corrected chi connectivity index (χ3v) is 3.87. The number of hydrogen-bond acceptors (Lipinski definition) is 3. The number of nitrogens with one attached hydrogen (secondary N) is 1. The summed E-state index contributed by atoms with van der Waals surface area (Å²) in [6, 6.07) is 0.417. The van der Waals surface area contributed by atoms with Crippen LogP contribution in [0.5, 0.6) is 0 Å². The predicted octanol–water partition coefficient (Wildman–Crippen LogP) is 1.99. The summed E-state index contributed by atoms with van der Waals surface area (Å²) in [6.07, 6.45) is 0.203. The summed E-state index contributed by atoms with van der Waals surface area (Å²) in [7, 11) is 0. The smallest absolute Gasteiger partial charge is 0.357 e. The van der Waals surface area contributed by atoms with Crippen molar-refractivity contribution in [2.24, 2.45) is 5.92 Å². The van der Waals surface area contributed by atoms with Crippen molar-refractivity contribution in [3.8, 4) is 0 Å². The summed E-state index contributed by atoms with van der Waals surface area (Å²) < 4.78 is 40.9. The van der Waals surface area contributed by atoms with E-state index in [2.05, 4.69) is 10.2 Å². The van der Waals surface area contributed by atoms with Gasteiger partial charge in [-0.2, -0.15) is 13.2 Å². The second-order valence-electron chi connectivity index (χ2n) is 5.20. The van der Waals surface area contributed by atoms with Gasteiger partial charge in [-0.25, -0.2) is 0 Å². The molecule has 0 spiro atoms. The van der Waals surface area contributed by atoms with Gasteiger partial charge in [0.25, 0.3) is 0 Å². The minimum Gasteiger partial charge on any atom is -0.357 e. The van der Waals surface area contributed by atoms with Crippen LogP contribution in [0, 0.1) is 5.92 Å². The van der Waals surface area contributed by atoms with Gasteiger partial charge in [0.1, 0.15) is 6.61 Å². The first-order chi connectivity index (χ1) is 8.56. The fourth-order valence-corrected chi connectivity index (χ4v) is 3.05. The van der Waals surface area contributed by atoms with Crippen molar-refractivity contribution in [1.82, 2.24) is 10.2 Å². The van der Waals surface area contributed by atoms with Gasteiger partial charge in [-0.15, -0.1) is 0 Å². The van der Waals surface area contributed by atoms with E-state index in [0.717, 1.165) is 45.3 Å². The van der Waals surface area contributed by atoms with Gasteiger partial charge in [0.05, 0.1) is 6.73 Å². The third-order valence-electron chi connectivity index (χ3n) is 3.87. The molecule has 2 fully saturated rings. The lowest BCUT2D eigenvalue weighted by atomic mass is 9.89. The molecule has 0 bridgehead atoms. The molecule has 0 radical (unpaired) electrons. The molecule has 1 atom stereocenters. The molecule has 0 aromatic heterocycles. The van der Waals surface area contributed by atoms with Crippen molar-refractivity contribution in [2.75, 3.05) is 33.0 Å². The normalized spacial score (nSPS) is 27.8. The van der Waals surface area contributed by atoms with Gasteiger partial charge in [-0.3, -0.25) is 4.90 Å². The lowest BCUT2D eigenvalue weighted by Gasteiger charge is -2.34. The van der Waals surface area contributed by atoms with E-state index in [1.54, 1.807) is 0 Å². The first kappa shape index (κ1) is 14.1. The number of nitrogens with zero attached hydrogens (tertiary/aromatic N) is 1. The average Bonchev–Trinajstić information content (AvgIpc) is 2.77. The van der Waals surface area contributed by atoms with Crippen LogP contribution in [0.4, 0.5) is 13.2 Å². The van der Waals surface area contributed by atoms with Crippen molar-refractivity contribution in [3.63, 3.8) is 0 Å². The van der Waals surface area contributed by atoms with Crippen molar-refractivity contribution in [3.05, 3.63) is 0 Å². The molecule has 2 aliphatic rings. The predicted molar refractivity (Wildman–Crippen MR) is 62.2 cm³/mol. The summed E-state index contributed by atoms with van der Waals surface area (Å²) in [4.78, 5) is 2.09. The van der Waals surface area contributed by atoms with Crippen LogP contribution in [0.3, 0.4) is 0 Å². The number of ether oxygens (including phenoxy) is 1. The van der Waals surface area contributed by atoms with Crippen molar-refractivity contribution >= 4 is 0 Å². The SMILES string of the molecule is FC(F)(F)COCN1CCCC1C1CCNCC1. The van der Waals surface area contributed by atoms with E-state index < -0.39 is 12.8 Å². The Kier molecular flexibility index (Phi) is 4.86. The number of rotatable bonds is 4. The van der Waals surface area contributed by atoms with Crippen LogP contribution < -0.4 is 5.32 Å². The van der Waals surface area contributed by atoms with Gasteiger partial charge < -0.3 is 10.1 Å². The van der Waals surface area contributed by atoms with Gasteiger partial charge in [0.15, 0.2) is 0 Å². The zero-order chi connectivity index (χ0) is 13.0. The highest BCUT2D eigenvalue weighted by Gasteiger charge is 2.33. The van der Waals surface area contributed by atoms with Gasteiger partial charge in [0, 0.05) is 12.6 Å². The Labute approximate surface area is 106 Å². The van der Waals surface area contributed by atoms with E-state index in [0.29, 0.717) is 12.0 Å². The molecular formula is C12H21F3N2O. The molecule has 0 aliphatic carbocycles. The second kappa shape index (κ2) is 6.21. The Morgan fingerprint density at radius 3 is 2.56 bits per heavy atom. The molecule has 0 amide bonds. The first-order valence-electron chi connectivity index (χ1n) is 6.65. The van der Waals surface area contributed by atoms with E-state index in [-0.39, 0.29) is 6.73 Å². The minimum atomic E-state index is -4.22. The fraction of sp³-hybridized carbons (Fsp3) is 1.00. The molecule has 2 aliphatic heterocycles. The number of likely N-dealkylation sites (tertiary alicyclic amines) is 1. The highest BCUT2D eigenvalue weighted by Crippen LogP contribution is 2.29. The zero-order valence-electron chi connectivity index (χ0n) is 10.5. The summed E-state index contributed by atoms with van der Waals surface area (Å²) >= 11 is 0. The van der Waals surface area contributed by atoms with Crippen LogP contribution in [0.1, 0.15) is 25.7 Å². The first-order valence-corrected chi connectivity index (χ1v) is 6.65. The average molecular weight is 266 g/mol. The molecule has 2 heterocycles. The van der Waals surface area contributed by atoms with Crippen molar-refractivity contribution in [1.29, 1.82) is 0 Å². The van der Waals surface area contributed by atoms with Crippen LogP contribution in [0.25, 0.3) is 0 Å². The number of hydrogen-bond donors (Lipinski definition) is 1. The Hall–Kier alpha value is -0.330. The fourth-order valence-electron chi connectivity index (χ4n) is 3.05. The van der Waals surface area contributed by atoms with Crippen LogP contribution in [0.2, 0.25) is 0 Å². The molecule has 6 heteroatoms. The highest BCUT2D eigenvalue weighted by atomic mass is 19.4. The summed E-state index contributed by atoms with van der Waals surface area (Å²) in [5, 5.41) is 3.32. The summed E-state index contributed by atoms with van der Waals surface area (Å²) in [5.74, 6) is 0.614. The van der Waals surface area contributed by atoms with Crippen LogP contribution in [-0.4, -0.2) is 50.1 Å². The van der Waals surface area contributed by atoms with Gasteiger partial charge in [-0.1, -0.05) is 0 Å². The summed E-state index contributed by atoms with van der Waals surface area (Å²) in [5.41, 5.74) is 0. The van der Waals surface area contributed by atoms with Crippen molar-refractivity contribution in [2.45, 2.75) is 37.9 Å². The molecule has 2 saturated heterocycles. The second-order valence-corrected chi connectivity index (χ2v) is 5.20. The van der Waals surface area contributed by atoms with E-state index >= 15 is 0 Å². The molecule has 0 aromatic rings. The maximum absolute atomic E-state index is 12.0. The maximum atomic E-state index is 12.0. The summed E-state index contributed by atoms with van der Waals surface area (Å²) in [6.45, 7) is 1.90. The largest absolute Gasteiger partial charge is 0.411 e. The van der Waals surface area contributed by atoms with Crippen LogP contribution in [0.15, 0.2) is 0 Å². The molecule has 18 heavy (non-hydrogen) atoms. The molecule has 2 rings (SSSR count). The van der Waals surface area contributed by atoms with Gasteiger partial charge in [-0.05, 0) is 44.7 Å². The van der Waals surface area contributed by atoms with E-state index in [1.807, 2.05) is 0 Å². The number of halogens is 3. The molecule has 0 saturated carbocycles. The topological polar surface area (TPSA) is 24.5 Å². The number of piperidine rings is 1. The molecule has 0 aromatic carbocycles. The van der Waals surface area contributed by atoms with Gasteiger partial charge >= 0.3 is 6.18 Å². The molecule has 106 valence electrons. The Balaban J connectivity index is 1.76. The molecule has 3 nitrogen and oxygen atoms in total. The minimum absolute atomic E-state index is 0.119. The van der Waals surface area contributed by atoms with E-state index in [9.17, 15) is 13.2 Å². The van der Waals surface area contributed by atoms with Crippen LogP contribution >= 0.6 is 0 Å². The monoisotopic (exact) mass is 266 g/mol. The molecule has 1 unspecified atom stereocenters. The Bertz CT molecular complexity index is 254. The highest BCUT2D eigenvalue weighted by molar-refractivity contribution is 4.86. The van der Waals surface area contributed by atoms with E-state index in [1.165, 1.54) is 0 Å². The maximum Gasteiger partial charge on any atom is 0.411 e. The van der Waals surface area contributed by atoms with Crippen LogP contribution in [-0.2, 0) is 4.74 Å². The Morgan fingerprint density at radius 2 is 1.89 bits per heavy atom. The van der Waals surface area contributed by atoms with Gasteiger partial charge in [0.2, 0.25) is 0 Å². The lowest BCUT2D eigenvalue weighted by molar-refractivity contribution is -0.184. The lowest BCUT2D eigenvalue weighted by Crippen LogP contribution is -2.42. The molecule has 1 N–H and O–H groups in total. The van der Waals surface area contributed by atoms with Crippen molar-refractivity contribution < 1.29 is 17.9 Å². The number of alkyl halides is 3. The third kappa shape index (κ3) is 4.10. The standard InChI is InChI=1S/C12H21F3N2O/c13-12(14,15)8-18-9-17-7-1-2-11(17)10-3-5-16-6-4-10/h10-11,16H,1-9H2. The van der Waals surface area contributed by atoms with E-state index in [4.69, 9.17) is 4.74 Å². The molecular weight excluding hydrogens is 245 g/mol. The Morgan fingerprint density at radius 1 is 1.17 bits per heavy atom. The zero-order valence-corrected chi connectivity index (χ0v) is 10.5. The quantitative estimate of drug-likeness (QED) is 0.842.